The van der Waals surface area contributed by atoms with Gasteiger partial charge in [0.15, 0.2) is 0 Å². The minimum Gasteiger partial charge on any atom is -0.496 e. The van der Waals surface area contributed by atoms with Crippen LogP contribution in [0.1, 0.15) is 65.5 Å². The third-order valence-corrected chi connectivity index (χ3v) is 6.74. The number of rotatable bonds is 5. The Morgan fingerprint density at radius 3 is 1.89 bits per heavy atom. The smallest absolute Gasteiger partial charge is 0.125 e. The van der Waals surface area contributed by atoms with Gasteiger partial charge in [0.2, 0.25) is 0 Å². The minimum absolute atomic E-state index is 0.382. The summed E-state index contributed by atoms with van der Waals surface area (Å²) in [6, 6.07) is 11.6. The zero-order chi connectivity index (χ0) is 19.6. The molecule has 146 valence electrons. The highest BCUT2D eigenvalue weighted by Gasteiger charge is 2.31. The number of piperidine rings is 1. The topological polar surface area (TPSA) is 12.5 Å². The number of methoxy groups -OCH3 is 1. The Labute approximate surface area is 165 Å². The average Bonchev–Trinajstić information content (AvgIpc) is 2.71. The Balaban J connectivity index is 2.17. The highest BCUT2D eigenvalue weighted by atomic mass is 16.5. The average molecular weight is 366 g/mol. The second kappa shape index (κ2) is 8.48. The molecule has 1 fully saturated rings. The Morgan fingerprint density at radius 2 is 1.37 bits per heavy atom. The maximum atomic E-state index is 5.74. The van der Waals surface area contributed by atoms with E-state index in [-0.39, 0.29) is 0 Å². The second-order valence-corrected chi connectivity index (χ2v) is 8.17. The van der Waals surface area contributed by atoms with Gasteiger partial charge >= 0.3 is 0 Å². The monoisotopic (exact) mass is 365 g/mol. The van der Waals surface area contributed by atoms with E-state index in [2.05, 4.69) is 69.9 Å². The molecule has 1 heterocycles. The molecule has 0 amide bonds. The summed E-state index contributed by atoms with van der Waals surface area (Å²) in [5.41, 5.74) is 8.24. The highest BCUT2D eigenvalue weighted by Crippen LogP contribution is 2.41. The molecule has 0 spiro atoms. The Hall–Kier alpha value is -1.80. The molecule has 2 nitrogen and oxygen atoms in total. The molecule has 2 aromatic carbocycles. The van der Waals surface area contributed by atoms with Crippen LogP contribution in [-0.2, 0) is 0 Å². The molecule has 3 rings (SSSR count). The predicted molar refractivity (Wildman–Crippen MR) is 115 cm³/mol. The first-order valence-electron chi connectivity index (χ1n) is 10.4. The normalized spacial score (nSPS) is 17.6. The van der Waals surface area contributed by atoms with Gasteiger partial charge in [0.1, 0.15) is 5.75 Å². The summed E-state index contributed by atoms with van der Waals surface area (Å²) in [6.07, 6.45) is 4.02. The van der Waals surface area contributed by atoms with Gasteiger partial charge in [0.25, 0.3) is 0 Å². The fourth-order valence-corrected chi connectivity index (χ4v) is 4.96. The maximum Gasteiger partial charge on any atom is 0.125 e. The van der Waals surface area contributed by atoms with Crippen LogP contribution in [-0.4, -0.2) is 31.1 Å². The summed E-state index contributed by atoms with van der Waals surface area (Å²) in [4.78, 5) is 2.70. The van der Waals surface area contributed by atoms with Crippen LogP contribution in [0.4, 0.5) is 0 Å². The second-order valence-electron chi connectivity index (χ2n) is 8.17. The van der Waals surface area contributed by atoms with Crippen molar-refractivity contribution in [1.82, 2.24) is 4.90 Å². The first kappa shape index (κ1) is 19.9. The van der Waals surface area contributed by atoms with Gasteiger partial charge in [-0.05, 0) is 93.9 Å². The van der Waals surface area contributed by atoms with Crippen molar-refractivity contribution in [2.75, 3.05) is 20.2 Å². The summed E-state index contributed by atoms with van der Waals surface area (Å²) >= 11 is 0. The summed E-state index contributed by atoms with van der Waals surface area (Å²) in [6.45, 7) is 13.8. The van der Waals surface area contributed by atoms with Crippen LogP contribution in [0, 0.1) is 27.7 Å². The standard InChI is InChI=1S/C25H35NO/c1-17-19(3)25(27-6)20(4)18(2)23(17)24(22-13-9-7-10-14-22)21(5)26-15-11-8-12-16-26/h7,9-10,13-14,21,24H,8,11-12,15-16H2,1-6H3. The molecule has 0 saturated carbocycles. The Bertz CT molecular complexity index is 746. The number of likely N-dealkylation sites (tertiary alicyclic amines) is 1. The van der Waals surface area contributed by atoms with E-state index in [4.69, 9.17) is 4.74 Å². The molecular formula is C25H35NO. The lowest BCUT2D eigenvalue weighted by molar-refractivity contribution is 0.161. The van der Waals surface area contributed by atoms with Crippen LogP contribution in [0.25, 0.3) is 0 Å². The molecule has 0 radical (unpaired) electrons. The van der Waals surface area contributed by atoms with Gasteiger partial charge < -0.3 is 4.74 Å². The predicted octanol–water partition coefficient (Wildman–Crippen LogP) is 5.94. The first-order chi connectivity index (χ1) is 13.0. The van der Waals surface area contributed by atoms with Gasteiger partial charge in [-0.1, -0.05) is 36.8 Å². The van der Waals surface area contributed by atoms with Crippen LogP contribution in [0.3, 0.4) is 0 Å². The quantitative estimate of drug-likeness (QED) is 0.650. The number of hydrogen-bond acceptors (Lipinski definition) is 2. The zero-order valence-electron chi connectivity index (χ0n) is 17.9. The van der Waals surface area contributed by atoms with Gasteiger partial charge in [-0.25, -0.2) is 0 Å². The number of ether oxygens (including phenoxy) is 1. The van der Waals surface area contributed by atoms with Crippen molar-refractivity contribution in [3.05, 3.63) is 63.7 Å². The molecule has 2 atom stereocenters. The lowest BCUT2D eigenvalue weighted by atomic mass is 9.78. The van der Waals surface area contributed by atoms with Gasteiger partial charge in [0, 0.05) is 12.0 Å². The van der Waals surface area contributed by atoms with Crippen molar-refractivity contribution >= 4 is 0 Å². The van der Waals surface area contributed by atoms with Crippen LogP contribution in [0.5, 0.6) is 5.75 Å². The van der Waals surface area contributed by atoms with E-state index in [1.54, 1.807) is 7.11 Å². The van der Waals surface area contributed by atoms with E-state index >= 15 is 0 Å². The fraction of sp³-hybridized carbons (Fsp3) is 0.520. The van der Waals surface area contributed by atoms with E-state index in [9.17, 15) is 0 Å². The molecule has 1 aliphatic rings. The lowest BCUT2D eigenvalue weighted by Gasteiger charge is -2.39. The van der Waals surface area contributed by atoms with Crippen LogP contribution in [0.15, 0.2) is 30.3 Å². The molecule has 2 heteroatoms. The maximum absolute atomic E-state index is 5.74. The third kappa shape index (κ3) is 3.78. The van der Waals surface area contributed by atoms with E-state index in [1.807, 2.05) is 0 Å². The van der Waals surface area contributed by atoms with Crippen molar-refractivity contribution in [3.8, 4) is 5.75 Å². The SMILES string of the molecule is COc1c(C)c(C)c(C(c2ccccc2)C(C)N2CCCCC2)c(C)c1C. The molecule has 0 aromatic heterocycles. The fourth-order valence-electron chi connectivity index (χ4n) is 4.96. The van der Waals surface area contributed by atoms with E-state index < -0.39 is 0 Å². The Morgan fingerprint density at radius 1 is 0.815 bits per heavy atom. The van der Waals surface area contributed by atoms with Crippen LogP contribution >= 0.6 is 0 Å². The molecule has 2 aromatic rings. The van der Waals surface area contributed by atoms with Crippen molar-refractivity contribution in [2.45, 2.75) is 65.8 Å². The van der Waals surface area contributed by atoms with Crippen LogP contribution < -0.4 is 4.74 Å². The molecule has 2 unspecified atom stereocenters. The largest absolute Gasteiger partial charge is 0.496 e. The molecule has 1 aliphatic heterocycles. The van der Waals surface area contributed by atoms with Gasteiger partial charge in [-0.3, -0.25) is 4.90 Å². The van der Waals surface area contributed by atoms with Crippen molar-refractivity contribution < 1.29 is 4.74 Å². The third-order valence-electron chi connectivity index (χ3n) is 6.74. The van der Waals surface area contributed by atoms with E-state index in [1.165, 1.54) is 65.7 Å². The first-order valence-corrected chi connectivity index (χ1v) is 10.4. The highest BCUT2D eigenvalue weighted by molar-refractivity contribution is 5.57. The minimum atomic E-state index is 0.382. The van der Waals surface area contributed by atoms with Gasteiger partial charge in [-0.2, -0.15) is 0 Å². The van der Waals surface area contributed by atoms with Crippen molar-refractivity contribution in [2.24, 2.45) is 0 Å². The van der Waals surface area contributed by atoms with E-state index in [0.29, 0.717) is 12.0 Å². The number of nitrogens with zero attached hydrogens (tertiary/aromatic N) is 1. The molecular weight excluding hydrogens is 330 g/mol. The number of hydrogen-bond donors (Lipinski definition) is 0. The zero-order valence-corrected chi connectivity index (χ0v) is 17.9. The Kier molecular flexibility index (Phi) is 6.26. The van der Waals surface area contributed by atoms with Crippen LogP contribution in [0.2, 0.25) is 0 Å². The summed E-state index contributed by atoms with van der Waals surface area (Å²) < 4.78 is 5.74. The summed E-state index contributed by atoms with van der Waals surface area (Å²) in [5, 5.41) is 0. The molecule has 0 bridgehead atoms. The molecule has 0 aliphatic carbocycles. The van der Waals surface area contributed by atoms with Crippen molar-refractivity contribution in [3.63, 3.8) is 0 Å². The summed E-state index contributed by atoms with van der Waals surface area (Å²) in [5.74, 6) is 1.43. The van der Waals surface area contributed by atoms with Gasteiger partial charge in [-0.15, -0.1) is 0 Å². The lowest BCUT2D eigenvalue weighted by Crippen LogP contribution is -2.41. The molecule has 0 N–H and O–H groups in total. The molecule has 1 saturated heterocycles. The summed E-state index contributed by atoms with van der Waals surface area (Å²) in [7, 11) is 1.79. The molecule has 27 heavy (non-hydrogen) atoms. The van der Waals surface area contributed by atoms with Crippen molar-refractivity contribution in [1.29, 1.82) is 0 Å². The number of benzene rings is 2. The van der Waals surface area contributed by atoms with E-state index in [0.717, 1.165) is 5.75 Å². The van der Waals surface area contributed by atoms with Gasteiger partial charge in [0.05, 0.1) is 7.11 Å².